The smallest absolute Gasteiger partial charge is 0.218 e. The van der Waals surface area contributed by atoms with Gasteiger partial charge in [0.25, 0.3) is 0 Å². The Morgan fingerprint density at radius 2 is 1.35 bits per heavy atom. The van der Waals surface area contributed by atoms with Gasteiger partial charge in [0.05, 0.1) is 43.2 Å². The molecule has 4 rings (SSSR count). The van der Waals surface area contributed by atoms with Crippen molar-refractivity contribution in [3.05, 3.63) is 30.3 Å². The Morgan fingerprint density at radius 3 is 2.04 bits per heavy atom. The third-order valence-corrected chi connectivity index (χ3v) is 13.5. The number of hydrogen-bond donors (Lipinski definition) is 0. The highest BCUT2D eigenvalue weighted by atomic mass is 28.4. The molecular formula is C43H72O5Si. The largest absolute Gasteiger partial charge is 0.407 e. The Balaban J connectivity index is 1.16. The Hall–Kier alpha value is -1.20. The van der Waals surface area contributed by atoms with Crippen LogP contribution in [0.2, 0.25) is 13.1 Å². The fourth-order valence-corrected chi connectivity index (χ4v) is 10.1. The first-order valence-corrected chi connectivity index (χ1v) is 23.5. The predicted molar refractivity (Wildman–Crippen MR) is 206 cm³/mol. The van der Waals surface area contributed by atoms with Crippen LogP contribution in [0.1, 0.15) is 162 Å². The molecule has 0 N–H and O–H groups in total. The van der Waals surface area contributed by atoms with Crippen molar-refractivity contribution in [2.75, 3.05) is 6.61 Å². The van der Waals surface area contributed by atoms with Crippen molar-refractivity contribution >= 4 is 13.5 Å². The van der Waals surface area contributed by atoms with E-state index in [4.69, 9.17) is 23.4 Å². The Labute approximate surface area is 302 Å². The summed E-state index contributed by atoms with van der Waals surface area (Å²) in [5.74, 6) is 6.58. The lowest BCUT2D eigenvalue weighted by Gasteiger charge is -2.33. The van der Waals surface area contributed by atoms with Crippen LogP contribution >= 0.6 is 0 Å². The van der Waals surface area contributed by atoms with Gasteiger partial charge in [0.15, 0.2) is 5.79 Å². The zero-order valence-corrected chi connectivity index (χ0v) is 33.2. The minimum Gasteiger partial charge on any atom is -0.407 e. The average Bonchev–Trinajstić information content (AvgIpc) is 3.85. The molecule has 1 aromatic rings. The van der Waals surface area contributed by atoms with E-state index in [0.717, 1.165) is 64.4 Å². The Morgan fingerprint density at radius 1 is 0.735 bits per heavy atom. The number of rotatable bonds is 23. The molecule has 3 aliphatic heterocycles. The molecule has 49 heavy (non-hydrogen) atoms. The molecule has 0 aromatic heterocycles. The molecule has 3 aliphatic rings. The van der Waals surface area contributed by atoms with Crippen LogP contribution in [0.25, 0.3) is 0 Å². The Bertz CT molecular complexity index is 1080. The van der Waals surface area contributed by atoms with E-state index in [2.05, 4.69) is 62.2 Å². The molecule has 1 aromatic carbocycles. The van der Waals surface area contributed by atoms with E-state index < -0.39 is 14.1 Å². The highest BCUT2D eigenvalue weighted by Gasteiger charge is 2.41. The number of unbranched alkanes of at least 4 members (excludes halogenated alkanes) is 12. The highest BCUT2D eigenvalue weighted by molar-refractivity contribution is 6.84. The van der Waals surface area contributed by atoms with Crippen molar-refractivity contribution in [3.63, 3.8) is 0 Å². The maximum Gasteiger partial charge on any atom is 0.218 e. The van der Waals surface area contributed by atoms with Gasteiger partial charge in [-0.3, -0.25) is 0 Å². The maximum absolute atomic E-state index is 7.07. The van der Waals surface area contributed by atoms with E-state index in [-0.39, 0.29) is 30.5 Å². The molecule has 0 amide bonds. The second-order valence-electron chi connectivity index (χ2n) is 16.1. The van der Waals surface area contributed by atoms with Crippen LogP contribution < -0.4 is 5.19 Å². The third kappa shape index (κ3) is 15.1. The van der Waals surface area contributed by atoms with Crippen LogP contribution in [0.3, 0.4) is 0 Å². The van der Waals surface area contributed by atoms with Gasteiger partial charge in [-0.25, -0.2) is 0 Å². The van der Waals surface area contributed by atoms with Crippen LogP contribution in [-0.2, 0) is 23.4 Å². The van der Waals surface area contributed by atoms with Crippen LogP contribution in [0.5, 0.6) is 0 Å². The number of ether oxygens (including phenoxy) is 4. The van der Waals surface area contributed by atoms with Gasteiger partial charge in [0.1, 0.15) is 0 Å². The van der Waals surface area contributed by atoms with E-state index in [1.54, 1.807) is 0 Å². The predicted octanol–water partition coefficient (Wildman–Crippen LogP) is 10.8. The standard InChI is InChI=1S/C43H72O5Si/c1-6-7-8-9-10-11-12-13-14-15-16-17-18-25-30-42(48-49(4,5)38-28-23-20-24-29-38)41-34-33-40(46-41)39-32-31-36(45-39)26-21-19-22-27-37-35-44-43(2,3)47-37/h20,23-24,28-29,36-37,39-42H,6-16,19,21-22,25-27,30-35H2,1-5H3/t36?,37-,39?,40?,41?,42+/m1/s1. The molecule has 278 valence electrons. The number of benzene rings is 1. The summed E-state index contributed by atoms with van der Waals surface area (Å²) in [5.41, 5.74) is 0. The van der Waals surface area contributed by atoms with Crippen molar-refractivity contribution in [2.24, 2.45) is 0 Å². The quantitative estimate of drug-likeness (QED) is 0.0647. The van der Waals surface area contributed by atoms with Crippen molar-refractivity contribution < 1.29 is 23.4 Å². The number of hydrogen-bond acceptors (Lipinski definition) is 5. The molecule has 3 fully saturated rings. The molecule has 3 heterocycles. The molecule has 0 bridgehead atoms. The molecule has 0 aliphatic carbocycles. The molecular weight excluding hydrogens is 625 g/mol. The first kappa shape index (κ1) is 40.6. The SMILES string of the molecule is CCCCCCCCCCCCC#CCC[C@H](O[Si](C)(C)c1ccccc1)C1CCC(C2CCC(CCCCC[C@@H]3COC(C)(C)O3)O2)O1. The second kappa shape index (κ2) is 22.0. The molecule has 0 saturated carbocycles. The molecule has 0 spiro atoms. The van der Waals surface area contributed by atoms with Crippen molar-refractivity contribution in [1.29, 1.82) is 0 Å². The Kier molecular flexibility index (Phi) is 18.2. The highest BCUT2D eigenvalue weighted by Crippen LogP contribution is 2.36. The lowest BCUT2D eigenvalue weighted by Crippen LogP contribution is -2.50. The monoisotopic (exact) mass is 697 g/mol. The maximum atomic E-state index is 7.07. The van der Waals surface area contributed by atoms with Crippen molar-refractivity contribution in [3.8, 4) is 11.8 Å². The summed E-state index contributed by atoms with van der Waals surface area (Å²) in [6.45, 7) is 11.7. The summed E-state index contributed by atoms with van der Waals surface area (Å²) in [4.78, 5) is 0. The van der Waals surface area contributed by atoms with E-state index in [0.29, 0.717) is 6.10 Å². The van der Waals surface area contributed by atoms with Crippen LogP contribution in [0.4, 0.5) is 0 Å². The lowest BCUT2D eigenvalue weighted by molar-refractivity contribution is -0.139. The third-order valence-electron chi connectivity index (χ3n) is 10.9. The minimum atomic E-state index is -2.09. The zero-order valence-electron chi connectivity index (χ0n) is 32.2. The first-order valence-electron chi connectivity index (χ1n) is 20.6. The summed E-state index contributed by atoms with van der Waals surface area (Å²) in [5, 5.41) is 1.34. The van der Waals surface area contributed by atoms with Gasteiger partial charge in [-0.15, -0.1) is 11.8 Å². The molecule has 6 heteroatoms. The van der Waals surface area contributed by atoms with Crippen molar-refractivity contribution in [2.45, 2.75) is 218 Å². The molecule has 0 radical (unpaired) electrons. The molecule has 6 atom stereocenters. The minimum absolute atomic E-state index is 0.0792. The topological polar surface area (TPSA) is 46.2 Å². The van der Waals surface area contributed by atoms with Gasteiger partial charge in [-0.05, 0) is 83.5 Å². The fraction of sp³-hybridized carbons (Fsp3) is 0.814. The molecule has 3 saturated heterocycles. The molecule has 4 unspecified atom stereocenters. The van der Waals surface area contributed by atoms with Gasteiger partial charge in [-0.2, -0.15) is 0 Å². The fourth-order valence-electron chi connectivity index (χ4n) is 7.98. The van der Waals surface area contributed by atoms with E-state index >= 15 is 0 Å². The van der Waals surface area contributed by atoms with E-state index in [1.807, 2.05) is 13.8 Å². The zero-order chi connectivity index (χ0) is 34.8. The van der Waals surface area contributed by atoms with Crippen molar-refractivity contribution in [1.82, 2.24) is 0 Å². The van der Waals surface area contributed by atoms with Crippen LogP contribution in [0, 0.1) is 11.8 Å². The first-order chi connectivity index (χ1) is 23.8. The van der Waals surface area contributed by atoms with Gasteiger partial charge in [0, 0.05) is 12.8 Å². The summed E-state index contributed by atoms with van der Waals surface area (Å²) >= 11 is 0. The lowest BCUT2D eigenvalue weighted by atomic mass is 10.0. The summed E-state index contributed by atoms with van der Waals surface area (Å²) < 4.78 is 32.2. The summed E-state index contributed by atoms with van der Waals surface area (Å²) in [7, 11) is -2.09. The van der Waals surface area contributed by atoms with Gasteiger partial charge in [0.2, 0.25) is 8.32 Å². The van der Waals surface area contributed by atoms with Gasteiger partial charge in [-0.1, -0.05) is 114 Å². The summed E-state index contributed by atoms with van der Waals surface area (Å²) in [6, 6.07) is 10.8. The van der Waals surface area contributed by atoms with Gasteiger partial charge < -0.3 is 23.4 Å². The second-order valence-corrected chi connectivity index (χ2v) is 19.9. The summed E-state index contributed by atoms with van der Waals surface area (Å²) in [6.07, 6.45) is 28.1. The van der Waals surface area contributed by atoms with E-state index in [9.17, 15) is 0 Å². The molecule has 5 nitrogen and oxygen atoms in total. The van der Waals surface area contributed by atoms with Gasteiger partial charge >= 0.3 is 0 Å². The normalized spacial score (nSPS) is 25.8. The van der Waals surface area contributed by atoms with E-state index in [1.165, 1.54) is 88.7 Å². The van der Waals surface area contributed by atoms with Crippen LogP contribution in [0.15, 0.2) is 30.3 Å². The average molecular weight is 697 g/mol. The van der Waals surface area contributed by atoms with Crippen LogP contribution in [-0.4, -0.2) is 57.3 Å².